The van der Waals surface area contributed by atoms with Gasteiger partial charge in [-0.2, -0.15) is 0 Å². The zero-order valence-electron chi connectivity index (χ0n) is 13.1. The highest BCUT2D eigenvalue weighted by Gasteiger charge is 2.23. The van der Waals surface area contributed by atoms with Crippen molar-refractivity contribution >= 4 is 5.91 Å². The number of rotatable bonds is 6. The summed E-state index contributed by atoms with van der Waals surface area (Å²) in [7, 11) is 0. The number of amides is 1. The molecule has 0 spiro atoms. The molecule has 0 aliphatic carbocycles. The number of nitrogens with zero attached hydrogens (tertiary/aromatic N) is 1. The van der Waals surface area contributed by atoms with E-state index in [1.54, 1.807) is 0 Å². The smallest absolute Gasteiger partial charge is 0.325 e. The number of hydrogen-bond donors (Lipinski definition) is 3. The summed E-state index contributed by atoms with van der Waals surface area (Å²) in [5, 5.41) is 2.88. The first kappa shape index (κ1) is 16.5. The number of aromatic nitrogens is 2. The second-order valence-corrected chi connectivity index (χ2v) is 6.39. The van der Waals surface area contributed by atoms with E-state index in [9.17, 15) is 14.4 Å². The van der Waals surface area contributed by atoms with Gasteiger partial charge in [-0.15, -0.1) is 0 Å². The predicted octanol–water partition coefficient (Wildman–Crippen LogP) is -0.300. The number of nitrogens with one attached hydrogen (secondary N) is 3. The Morgan fingerprint density at radius 1 is 1.45 bits per heavy atom. The topological polar surface area (TPSA) is 98.1 Å². The lowest BCUT2D eigenvalue weighted by molar-refractivity contribution is -0.120. The molecule has 1 unspecified atom stereocenters. The molecule has 122 valence electrons. The van der Waals surface area contributed by atoms with Gasteiger partial charge < -0.3 is 15.2 Å². The van der Waals surface area contributed by atoms with E-state index in [4.69, 9.17) is 0 Å². The SMILES string of the molecule is CC(C)CN1CCC(CNC(=O)Cc2c[nH]c(=O)[nH]c2=O)C1. The van der Waals surface area contributed by atoms with Crippen LogP contribution in [-0.2, 0) is 11.2 Å². The quantitative estimate of drug-likeness (QED) is 0.672. The lowest BCUT2D eigenvalue weighted by atomic mass is 10.1. The number of likely N-dealkylation sites (tertiary alicyclic amines) is 1. The van der Waals surface area contributed by atoms with Crippen LogP contribution < -0.4 is 16.6 Å². The molecule has 0 aromatic carbocycles. The van der Waals surface area contributed by atoms with Crippen LogP contribution in [0.1, 0.15) is 25.8 Å². The summed E-state index contributed by atoms with van der Waals surface area (Å²) in [6.45, 7) is 8.23. The van der Waals surface area contributed by atoms with Gasteiger partial charge in [-0.25, -0.2) is 4.79 Å². The van der Waals surface area contributed by atoms with Crippen LogP contribution in [0.4, 0.5) is 0 Å². The molecule has 2 heterocycles. The van der Waals surface area contributed by atoms with E-state index in [2.05, 4.69) is 34.0 Å². The van der Waals surface area contributed by atoms with Crippen LogP contribution in [0.3, 0.4) is 0 Å². The van der Waals surface area contributed by atoms with Crippen molar-refractivity contribution < 1.29 is 4.79 Å². The highest BCUT2D eigenvalue weighted by Crippen LogP contribution is 2.16. The largest absolute Gasteiger partial charge is 0.355 e. The van der Waals surface area contributed by atoms with Crippen molar-refractivity contribution in [2.24, 2.45) is 11.8 Å². The third-order valence-corrected chi connectivity index (χ3v) is 3.83. The molecular formula is C15H24N4O3. The molecule has 2 rings (SSSR count). The summed E-state index contributed by atoms with van der Waals surface area (Å²) in [6.07, 6.45) is 2.36. The first-order chi connectivity index (χ1) is 10.4. The van der Waals surface area contributed by atoms with Crippen LogP contribution in [0.25, 0.3) is 0 Å². The van der Waals surface area contributed by atoms with Gasteiger partial charge in [0.1, 0.15) is 0 Å². The minimum Gasteiger partial charge on any atom is -0.355 e. The average molecular weight is 308 g/mol. The van der Waals surface area contributed by atoms with Crippen LogP contribution in [0.2, 0.25) is 0 Å². The first-order valence-electron chi connectivity index (χ1n) is 7.74. The van der Waals surface area contributed by atoms with Gasteiger partial charge in [-0.05, 0) is 24.8 Å². The molecule has 7 nitrogen and oxygen atoms in total. The molecule has 1 amide bonds. The molecular weight excluding hydrogens is 284 g/mol. The van der Waals surface area contributed by atoms with Crippen molar-refractivity contribution in [2.75, 3.05) is 26.2 Å². The van der Waals surface area contributed by atoms with E-state index in [-0.39, 0.29) is 17.9 Å². The van der Waals surface area contributed by atoms with Crippen molar-refractivity contribution in [3.8, 4) is 0 Å². The maximum atomic E-state index is 11.9. The fourth-order valence-electron chi connectivity index (χ4n) is 2.82. The molecule has 0 bridgehead atoms. The van der Waals surface area contributed by atoms with Crippen molar-refractivity contribution in [1.82, 2.24) is 20.2 Å². The van der Waals surface area contributed by atoms with Gasteiger partial charge in [0.05, 0.1) is 6.42 Å². The minimum absolute atomic E-state index is 0.0193. The number of aromatic amines is 2. The first-order valence-corrected chi connectivity index (χ1v) is 7.74. The number of H-pyrrole nitrogens is 2. The highest BCUT2D eigenvalue weighted by atomic mass is 16.2. The molecule has 1 fully saturated rings. The number of carbonyl (C=O) groups is 1. The second-order valence-electron chi connectivity index (χ2n) is 6.39. The summed E-state index contributed by atoms with van der Waals surface area (Å²) in [5.41, 5.74) is -0.807. The second kappa shape index (κ2) is 7.40. The standard InChI is InChI=1S/C15H24N4O3/c1-10(2)8-19-4-3-11(9-19)6-16-13(20)5-12-7-17-15(22)18-14(12)21/h7,10-11H,3-6,8-9H2,1-2H3,(H,16,20)(H2,17,18,21,22). The summed E-state index contributed by atoms with van der Waals surface area (Å²) in [5.74, 6) is 0.928. The summed E-state index contributed by atoms with van der Waals surface area (Å²) >= 11 is 0. The van der Waals surface area contributed by atoms with Crippen LogP contribution >= 0.6 is 0 Å². The number of carbonyl (C=O) groups excluding carboxylic acids is 1. The van der Waals surface area contributed by atoms with Gasteiger partial charge in [-0.3, -0.25) is 14.6 Å². The Kier molecular flexibility index (Phi) is 5.54. The number of hydrogen-bond acceptors (Lipinski definition) is 4. The third-order valence-electron chi connectivity index (χ3n) is 3.83. The average Bonchev–Trinajstić information content (AvgIpc) is 2.86. The Balaban J connectivity index is 1.76. The summed E-state index contributed by atoms with van der Waals surface area (Å²) < 4.78 is 0. The van der Waals surface area contributed by atoms with E-state index < -0.39 is 11.2 Å². The molecule has 1 atom stereocenters. The molecule has 0 radical (unpaired) electrons. The lowest BCUT2D eigenvalue weighted by Crippen LogP contribution is -2.34. The highest BCUT2D eigenvalue weighted by molar-refractivity contribution is 5.78. The fourth-order valence-corrected chi connectivity index (χ4v) is 2.82. The summed E-state index contributed by atoms with van der Waals surface area (Å²) in [6, 6.07) is 0. The zero-order chi connectivity index (χ0) is 16.1. The molecule has 3 N–H and O–H groups in total. The Morgan fingerprint density at radius 3 is 2.91 bits per heavy atom. The van der Waals surface area contributed by atoms with E-state index in [0.717, 1.165) is 26.1 Å². The Morgan fingerprint density at radius 2 is 2.23 bits per heavy atom. The van der Waals surface area contributed by atoms with Crippen molar-refractivity contribution in [1.29, 1.82) is 0 Å². The molecule has 7 heteroatoms. The van der Waals surface area contributed by atoms with Crippen LogP contribution in [-0.4, -0.2) is 47.0 Å². The maximum Gasteiger partial charge on any atom is 0.325 e. The minimum atomic E-state index is -0.564. The van der Waals surface area contributed by atoms with Crippen LogP contribution in [0, 0.1) is 11.8 Å². The normalized spacial score (nSPS) is 18.8. The van der Waals surface area contributed by atoms with E-state index in [0.29, 0.717) is 18.4 Å². The van der Waals surface area contributed by atoms with Gasteiger partial charge in [-0.1, -0.05) is 13.8 Å². The van der Waals surface area contributed by atoms with Gasteiger partial charge >= 0.3 is 5.69 Å². The van der Waals surface area contributed by atoms with Crippen molar-refractivity contribution in [2.45, 2.75) is 26.7 Å². The summed E-state index contributed by atoms with van der Waals surface area (Å²) in [4.78, 5) is 41.2. The lowest BCUT2D eigenvalue weighted by Gasteiger charge is -2.18. The van der Waals surface area contributed by atoms with E-state index >= 15 is 0 Å². The van der Waals surface area contributed by atoms with Gasteiger partial charge in [0.2, 0.25) is 5.91 Å². The molecule has 1 aliphatic heterocycles. The monoisotopic (exact) mass is 308 g/mol. The van der Waals surface area contributed by atoms with Crippen molar-refractivity contribution in [3.63, 3.8) is 0 Å². The van der Waals surface area contributed by atoms with Crippen LogP contribution in [0.15, 0.2) is 15.8 Å². The molecule has 22 heavy (non-hydrogen) atoms. The Bertz CT molecular complexity index is 620. The molecule has 1 aliphatic rings. The van der Waals surface area contributed by atoms with Gasteiger partial charge in [0, 0.05) is 31.4 Å². The molecule has 1 saturated heterocycles. The third kappa shape index (κ3) is 4.84. The zero-order valence-corrected chi connectivity index (χ0v) is 13.1. The van der Waals surface area contributed by atoms with E-state index in [1.165, 1.54) is 6.20 Å². The molecule has 1 aromatic rings. The van der Waals surface area contributed by atoms with Gasteiger partial charge in [0.25, 0.3) is 5.56 Å². The van der Waals surface area contributed by atoms with Crippen molar-refractivity contribution in [3.05, 3.63) is 32.6 Å². The van der Waals surface area contributed by atoms with E-state index in [1.807, 2.05) is 0 Å². The molecule has 0 saturated carbocycles. The predicted molar refractivity (Wildman–Crippen MR) is 83.8 cm³/mol. The fraction of sp³-hybridized carbons (Fsp3) is 0.667. The van der Waals surface area contributed by atoms with Gasteiger partial charge in [0.15, 0.2) is 0 Å². The Labute approximate surface area is 129 Å². The maximum absolute atomic E-state index is 11.9. The van der Waals surface area contributed by atoms with Crippen LogP contribution in [0.5, 0.6) is 0 Å². The Hall–Kier alpha value is -1.89. The molecule has 1 aromatic heterocycles.